The van der Waals surface area contributed by atoms with Gasteiger partial charge in [0.2, 0.25) is 5.95 Å². The van der Waals surface area contributed by atoms with Gasteiger partial charge in [-0.1, -0.05) is 19.9 Å². The summed E-state index contributed by atoms with van der Waals surface area (Å²) < 4.78 is 13.2. The molecule has 110 valence electrons. The first kappa shape index (κ1) is 13.9. The van der Waals surface area contributed by atoms with Gasteiger partial charge in [0.1, 0.15) is 5.82 Å². The van der Waals surface area contributed by atoms with Crippen molar-refractivity contribution in [2.45, 2.75) is 45.6 Å². The average Bonchev–Trinajstić information content (AvgIpc) is 2.89. The third kappa shape index (κ3) is 2.73. The first-order chi connectivity index (χ1) is 10.2. The first-order valence-electron chi connectivity index (χ1n) is 7.48. The van der Waals surface area contributed by atoms with E-state index in [2.05, 4.69) is 34.3 Å². The highest BCUT2D eigenvalue weighted by molar-refractivity contribution is 5.40. The van der Waals surface area contributed by atoms with Crippen LogP contribution in [-0.2, 0) is 19.3 Å². The largest absolute Gasteiger partial charge is 0.346 e. The maximum Gasteiger partial charge on any atom is 0.243 e. The van der Waals surface area contributed by atoms with E-state index in [1.54, 1.807) is 6.07 Å². The molecular weight excluding hydrogens is 267 g/mol. The van der Waals surface area contributed by atoms with Crippen molar-refractivity contribution >= 4 is 5.95 Å². The number of halogens is 1. The number of rotatable bonds is 4. The van der Waals surface area contributed by atoms with Crippen LogP contribution in [0.15, 0.2) is 18.2 Å². The molecule has 1 N–H and O–H groups in total. The van der Waals surface area contributed by atoms with E-state index in [0.29, 0.717) is 5.95 Å². The molecule has 0 radical (unpaired) electrons. The van der Waals surface area contributed by atoms with E-state index in [1.807, 2.05) is 6.07 Å². The standard InChI is InChI=1S/C16H19FN4/c1-3-13-14(4-2)20-21-16(18-13)19-15-8-5-10-9-11(17)6-7-12(10)15/h6-7,9,15H,3-5,8H2,1-2H3,(H,18,19,21). The Morgan fingerprint density at radius 1 is 1.19 bits per heavy atom. The van der Waals surface area contributed by atoms with Crippen molar-refractivity contribution in [1.29, 1.82) is 0 Å². The van der Waals surface area contributed by atoms with Crippen molar-refractivity contribution in [3.63, 3.8) is 0 Å². The van der Waals surface area contributed by atoms with E-state index in [9.17, 15) is 4.39 Å². The molecule has 5 heteroatoms. The molecule has 0 saturated carbocycles. The number of nitrogens with zero attached hydrogens (tertiary/aromatic N) is 3. The number of hydrogen-bond donors (Lipinski definition) is 1. The SMILES string of the molecule is CCc1nnc(NC2CCc3cc(F)ccc32)nc1CC. The smallest absolute Gasteiger partial charge is 0.243 e. The molecule has 0 saturated heterocycles. The van der Waals surface area contributed by atoms with E-state index in [1.165, 1.54) is 6.07 Å². The van der Waals surface area contributed by atoms with Crippen LogP contribution in [0, 0.1) is 5.82 Å². The van der Waals surface area contributed by atoms with Crippen LogP contribution < -0.4 is 5.32 Å². The number of anilines is 1. The van der Waals surface area contributed by atoms with Gasteiger partial charge in [-0.2, -0.15) is 5.10 Å². The summed E-state index contributed by atoms with van der Waals surface area (Å²) in [6.45, 7) is 4.13. The van der Waals surface area contributed by atoms with Crippen LogP contribution in [0.5, 0.6) is 0 Å². The van der Waals surface area contributed by atoms with Crippen LogP contribution in [0.1, 0.15) is 48.8 Å². The van der Waals surface area contributed by atoms with Crippen molar-refractivity contribution in [2.24, 2.45) is 0 Å². The van der Waals surface area contributed by atoms with E-state index in [4.69, 9.17) is 0 Å². The minimum absolute atomic E-state index is 0.139. The normalized spacial score (nSPS) is 16.8. The minimum atomic E-state index is -0.173. The molecule has 0 spiro atoms. The molecule has 0 amide bonds. The number of nitrogens with one attached hydrogen (secondary N) is 1. The summed E-state index contributed by atoms with van der Waals surface area (Å²) in [5, 5.41) is 11.7. The lowest BCUT2D eigenvalue weighted by molar-refractivity contribution is 0.626. The predicted molar refractivity (Wildman–Crippen MR) is 79.7 cm³/mol. The number of fused-ring (bicyclic) bond motifs is 1. The fourth-order valence-electron chi connectivity index (χ4n) is 2.89. The molecule has 1 heterocycles. The molecule has 4 nitrogen and oxygen atoms in total. The topological polar surface area (TPSA) is 50.7 Å². The third-order valence-corrected chi connectivity index (χ3v) is 4.00. The Bertz CT molecular complexity index is 657. The number of aryl methyl sites for hydroxylation is 3. The highest BCUT2D eigenvalue weighted by Gasteiger charge is 2.23. The van der Waals surface area contributed by atoms with Gasteiger partial charge in [0, 0.05) is 0 Å². The second-order valence-electron chi connectivity index (χ2n) is 5.31. The predicted octanol–water partition coefficient (Wildman–Crippen LogP) is 3.23. The van der Waals surface area contributed by atoms with Crippen molar-refractivity contribution < 1.29 is 4.39 Å². The number of benzene rings is 1. The Morgan fingerprint density at radius 2 is 2.00 bits per heavy atom. The highest BCUT2D eigenvalue weighted by Crippen LogP contribution is 2.33. The van der Waals surface area contributed by atoms with Crippen LogP contribution in [0.4, 0.5) is 10.3 Å². The fraction of sp³-hybridized carbons (Fsp3) is 0.438. The number of aromatic nitrogens is 3. The quantitative estimate of drug-likeness (QED) is 0.937. The van der Waals surface area contributed by atoms with Gasteiger partial charge < -0.3 is 5.32 Å². The molecular formula is C16H19FN4. The van der Waals surface area contributed by atoms with E-state index >= 15 is 0 Å². The lowest BCUT2D eigenvalue weighted by Gasteiger charge is -2.14. The average molecular weight is 286 g/mol. The summed E-state index contributed by atoms with van der Waals surface area (Å²) in [4.78, 5) is 4.56. The van der Waals surface area contributed by atoms with Crippen molar-refractivity contribution in [1.82, 2.24) is 15.2 Å². The molecule has 3 rings (SSSR count). The van der Waals surface area contributed by atoms with Crippen molar-refractivity contribution in [3.05, 3.63) is 46.5 Å². The maximum atomic E-state index is 13.2. The molecule has 2 aromatic rings. The van der Waals surface area contributed by atoms with Crippen LogP contribution >= 0.6 is 0 Å². The van der Waals surface area contributed by atoms with Crippen molar-refractivity contribution in [2.75, 3.05) is 5.32 Å². The molecule has 1 aromatic heterocycles. The van der Waals surface area contributed by atoms with E-state index < -0.39 is 0 Å². The Balaban J connectivity index is 1.83. The molecule has 21 heavy (non-hydrogen) atoms. The molecule has 0 fully saturated rings. The zero-order valence-corrected chi connectivity index (χ0v) is 12.4. The van der Waals surface area contributed by atoms with Crippen LogP contribution in [0.25, 0.3) is 0 Å². The molecule has 1 aromatic carbocycles. The summed E-state index contributed by atoms with van der Waals surface area (Å²) in [6, 6.07) is 5.12. The van der Waals surface area contributed by atoms with Gasteiger partial charge in [-0.3, -0.25) is 0 Å². The van der Waals surface area contributed by atoms with Crippen LogP contribution in [-0.4, -0.2) is 15.2 Å². The second-order valence-corrected chi connectivity index (χ2v) is 5.31. The summed E-state index contributed by atoms with van der Waals surface area (Å²) in [7, 11) is 0. The van der Waals surface area contributed by atoms with Gasteiger partial charge in [0.05, 0.1) is 17.4 Å². The van der Waals surface area contributed by atoms with Gasteiger partial charge >= 0.3 is 0 Å². The number of hydrogen-bond acceptors (Lipinski definition) is 4. The summed E-state index contributed by atoms with van der Waals surface area (Å²) in [6.07, 6.45) is 3.50. The zero-order valence-electron chi connectivity index (χ0n) is 12.4. The second kappa shape index (κ2) is 5.76. The molecule has 1 aliphatic rings. The Morgan fingerprint density at radius 3 is 2.76 bits per heavy atom. The first-order valence-corrected chi connectivity index (χ1v) is 7.48. The van der Waals surface area contributed by atoms with Gasteiger partial charge in [-0.05, 0) is 48.9 Å². The lowest BCUT2D eigenvalue weighted by atomic mass is 10.1. The van der Waals surface area contributed by atoms with Crippen molar-refractivity contribution in [3.8, 4) is 0 Å². The summed E-state index contributed by atoms with van der Waals surface area (Å²) >= 11 is 0. The zero-order chi connectivity index (χ0) is 14.8. The Kier molecular flexibility index (Phi) is 3.82. The monoisotopic (exact) mass is 286 g/mol. The molecule has 1 atom stereocenters. The molecule has 1 aliphatic carbocycles. The Hall–Kier alpha value is -2.04. The molecule has 0 aliphatic heterocycles. The summed E-state index contributed by atoms with van der Waals surface area (Å²) in [5.41, 5.74) is 4.16. The van der Waals surface area contributed by atoms with E-state index in [0.717, 1.165) is 48.2 Å². The summed E-state index contributed by atoms with van der Waals surface area (Å²) in [5.74, 6) is 0.388. The van der Waals surface area contributed by atoms with Gasteiger partial charge in [-0.25, -0.2) is 9.37 Å². The fourth-order valence-corrected chi connectivity index (χ4v) is 2.89. The van der Waals surface area contributed by atoms with Gasteiger partial charge in [0.15, 0.2) is 0 Å². The molecule has 0 bridgehead atoms. The van der Waals surface area contributed by atoms with E-state index in [-0.39, 0.29) is 11.9 Å². The minimum Gasteiger partial charge on any atom is -0.346 e. The third-order valence-electron chi connectivity index (χ3n) is 4.00. The molecule has 1 unspecified atom stereocenters. The maximum absolute atomic E-state index is 13.2. The van der Waals surface area contributed by atoms with Gasteiger partial charge in [0.25, 0.3) is 0 Å². The van der Waals surface area contributed by atoms with Crippen LogP contribution in [0.2, 0.25) is 0 Å². The van der Waals surface area contributed by atoms with Crippen LogP contribution in [0.3, 0.4) is 0 Å². The van der Waals surface area contributed by atoms with Gasteiger partial charge in [-0.15, -0.1) is 5.10 Å². The Labute approximate surface area is 123 Å². The lowest BCUT2D eigenvalue weighted by Crippen LogP contribution is -2.13. The highest BCUT2D eigenvalue weighted by atomic mass is 19.1.